The lowest BCUT2D eigenvalue weighted by Gasteiger charge is -2.29. The Bertz CT molecular complexity index is 831. The lowest BCUT2D eigenvalue weighted by Crippen LogP contribution is -2.41. The van der Waals surface area contributed by atoms with Crippen LogP contribution in [0.2, 0.25) is 0 Å². The number of fused-ring (bicyclic) bond motifs is 1. The molecule has 1 heterocycles. The molecule has 0 saturated heterocycles. The van der Waals surface area contributed by atoms with Crippen molar-refractivity contribution in [2.24, 2.45) is 0 Å². The molecule has 0 N–H and O–H groups in total. The van der Waals surface area contributed by atoms with Crippen molar-refractivity contribution in [2.75, 3.05) is 18.6 Å². The topological polar surface area (TPSA) is 55.8 Å². The number of carbonyl (C=O) groups is 2. The van der Waals surface area contributed by atoms with Crippen molar-refractivity contribution in [1.29, 1.82) is 0 Å². The van der Waals surface area contributed by atoms with Gasteiger partial charge in [0.15, 0.2) is 11.5 Å². The van der Waals surface area contributed by atoms with E-state index in [0.29, 0.717) is 17.0 Å². The van der Waals surface area contributed by atoms with Crippen LogP contribution in [0, 0.1) is 5.82 Å². The number of ether oxygens (including phenoxy) is 2. The van der Waals surface area contributed by atoms with Crippen LogP contribution >= 0.6 is 0 Å². The highest BCUT2D eigenvalue weighted by atomic mass is 19.1. The van der Waals surface area contributed by atoms with Gasteiger partial charge in [0.25, 0.3) is 5.91 Å². The Hall–Kier alpha value is -3.15. The van der Waals surface area contributed by atoms with Gasteiger partial charge in [-0.3, -0.25) is 14.5 Å². The Morgan fingerprint density at radius 3 is 2.79 bits per heavy atom. The Labute approximate surface area is 137 Å². The smallest absolute Gasteiger partial charge is 0.325 e. The van der Waals surface area contributed by atoms with E-state index in [9.17, 15) is 14.0 Å². The number of carbonyl (C=O) groups excluding carboxylic acids is 2. The average molecular weight is 327 g/mol. The van der Waals surface area contributed by atoms with Crippen molar-refractivity contribution < 1.29 is 23.5 Å². The van der Waals surface area contributed by atoms with Crippen molar-refractivity contribution in [3.63, 3.8) is 0 Å². The molecule has 1 aliphatic rings. The summed E-state index contributed by atoms with van der Waals surface area (Å²) in [5, 5.41) is 0. The van der Waals surface area contributed by atoms with Crippen LogP contribution in [0.1, 0.15) is 5.56 Å². The first-order valence-electron chi connectivity index (χ1n) is 7.21. The largest absolute Gasteiger partial charge is 0.468 e. The normalized spacial score (nSPS) is 15.0. The molecule has 1 amide bonds. The number of methoxy groups -OCH3 is 1. The number of para-hydroxylation sites is 2. The van der Waals surface area contributed by atoms with Gasteiger partial charge < -0.3 is 9.47 Å². The van der Waals surface area contributed by atoms with Gasteiger partial charge in [0.2, 0.25) is 0 Å². The highest BCUT2D eigenvalue weighted by molar-refractivity contribution is 6.11. The third-order valence-corrected chi connectivity index (χ3v) is 3.49. The van der Waals surface area contributed by atoms with E-state index in [-0.39, 0.29) is 12.3 Å². The fraction of sp³-hybridized carbons (Fsp3) is 0.111. The van der Waals surface area contributed by atoms with E-state index in [1.807, 2.05) is 0 Å². The molecule has 0 unspecified atom stereocenters. The highest BCUT2D eigenvalue weighted by Gasteiger charge is 2.31. The summed E-state index contributed by atoms with van der Waals surface area (Å²) in [6, 6.07) is 12.6. The minimum absolute atomic E-state index is 0.00297. The number of benzene rings is 2. The van der Waals surface area contributed by atoms with Crippen LogP contribution in [0.25, 0.3) is 6.08 Å². The Kier molecular flexibility index (Phi) is 4.29. The average Bonchev–Trinajstić information content (AvgIpc) is 2.58. The van der Waals surface area contributed by atoms with E-state index in [1.165, 1.54) is 36.3 Å². The zero-order valence-corrected chi connectivity index (χ0v) is 12.9. The van der Waals surface area contributed by atoms with E-state index in [4.69, 9.17) is 4.74 Å². The molecule has 0 aliphatic carbocycles. The molecular formula is C18H14FNO4. The first kappa shape index (κ1) is 15.7. The molecule has 2 aromatic rings. The first-order chi connectivity index (χ1) is 11.6. The number of esters is 1. The molecule has 0 radical (unpaired) electrons. The Morgan fingerprint density at radius 1 is 1.25 bits per heavy atom. The molecule has 2 aromatic carbocycles. The molecule has 1 aliphatic heterocycles. The van der Waals surface area contributed by atoms with Gasteiger partial charge in [0.05, 0.1) is 12.8 Å². The van der Waals surface area contributed by atoms with Crippen molar-refractivity contribution >= 4 is 23.6 Å². The van der Waals surface area contributed by atoms with Gasteiger partial charge in [-0.15, -0.1) is 0 Å². The Morgan fingerprint density at radius 2 is 2.04 bits per heavy atom. The molecule has 3 rings (SSSR count). The lowest BCUT2D eigenvalue weighted by atomic mass is 10.1. The number of rotatable bonds is 3. The van der Waals surface area contributed by atoms with E-state index in [1.54, 1.807) is 30.3 Å². The van der Waals surface area contributed by atoms with Gasteiger partial charge in [0, 0.05) is 0 Å². The van der Waals surface area contributed by atoms with Crippen LogP contribution < -0.4 is 9.64 Å². The molecule has 0 fully saturated rings. The number of anilines is 1. The molecular weight excluding hydrogens is 313 g/mol. The maximum absolute atomic E-state index is 13.3. The minimum Gasteiger partial charge on any atom is -0.468 e. The van der Waals surface area contributed by atoms with Gasteiger partial charge in [-0.05, 0) is 35.9 Å². The molecule has 122 valence electrons. The summed E-state index contributed by atoms with van der Waals surface area (Å²) < 4.78 is 23.6. The van der Waals surface area contributed by atoms with Crippen LogP contribution in [0.15, 0.2) is 54.3 Å². The number of hydrogen-bond donors (Lipinski definition) is 0. The number of nitrogens with zero attached hydrogens (tertiary/aromatic N) is 1. The predicted octanol–water partition coefficient (Wildman–Crippen LogP) is 2.77. The van der Waals surface area contributed by atoms with Crippen LogP contribution in [-0.2, 0) is 14.3 Å². The van der Waals surface area contributed by atoms with Gasteiger partial charge in [-0.1, -0.05) is 24.3 Å². The summed E-state index contributed by atoms with van der Waals surface area (Å²) in [5.74, 6) is -1.03. The van der Waals surface area contributed by atoms with Gasteiger partial charge in [0.1, 0.15) is 12.4 Å². The van der Waals surface area contributed by atoms with Crippen molar-refractivity contribution in [1.82, 2.24) is 0 Å². The van der Waals surface area contributed by atoms with Gasteiger partial charge in [-0.25, -0.2) is 4.39 Å². The molecule has 0 spiro atoms. The molecule has 6 heteroatoms. The fourth-order valence-electron chi connectivity index (χ4n) is 2.36. The quantitative estimate of drug-likeness (QED) is 0.642. The summed E-state index contributed by atoms with van der Waals surface area (Å²) in [5.41, 5.74) is 0.958. The van der Waals surface area contributed by atoms with E-state index < -0.39 is 17.7 Å². The second-order valence-electron chi connectivity index (χ2n) is 5.10. The monoisotopic (exact) mass is 327 g/mol. The summed E-state index contributed by atoms with van der Waals surface area (Å²) in [4.78, 5) is 25.6. The molecule has 0 atom stereocenters. The highest BCUT2D eigenvalue weighted by Crippen LogP contribution is 2.35. The molecule has 0 saturated carbocycles. The first-order valence-corrected chi connectivity index (χ1v) is 7.21. The number of amides is 1. The zero-order chi connectivity index (χ0) is 17.1. The summed E-state index contributed by atoms with van der Waals surface area (Å²) in [6.07, 6.45) is 1.44. The maximum atomic E-state index is 13.3. The maximum Gasteiger partial charge on any atom is 0.325 e. The predicted molar refractivity (Wildman–Crippen MR) is 85.8 cm³/mol. The fourth-order valence-corrected chi connectivity index (χ4v) is 2.36. The van der Waals surface area contributed by atoms with Crippen LogP contribution in [0.4, 0.5) is 10.1 Å². The van der Waals surface area contributed by atoms with Crippen molar-refractivity contribution in [3.8, 4) is 5.75 Å². The molecule has 0 bridgehead atoms. The van der Waals surface area contributed by atoms with E-state index >= 15 is 0 Å². The number of halogens is 1. The summed E-state index contributed by atoms with van der Waals surface area (Å²) in [7, 11) is 1.25. The van der Waals surface area contributed by atoms with Gasteiger partial charge in [-0.2, -0.15) is 0 Å². The second kappa shape index (κ2) is 6.54. The van der Waals surface area contributed by atoms with Gasteiger partial charge >= 0.3 is 5.97 Å². The lowest BCUT2D eigenvalue weighted by molar-refractivity contribution is -0.140. The Balaban J connectivity index is 2.01. The standard InChI is InChI=1S/C18H14FNO4/c1-23-17(21)11-20-14-7-2-3-8-15(14)24-16(18(20)22)10-12-5-4-6-13(19)9-12/h2-10H,11H2,1H3/b16-10+. The summed E-state index contributed by atoms with van der Waals surface area (Å²) in [6.45, 7) is -0.240. The van der Waals surface area contributed by atoms with Crippen molar-refractivity contribution in [3.05, 3.63) is 65.7 Å². The second-order valence-corrected chi connectivity index (χ2v) is 5.10. The third-order valence-electron chi connectivity index (χ3n) is 3.49. The van der Waals surface area contributed by atoms with Crippen LogP contribution in [-0.4, -0.2) is 25.5 Å². The molecule has 0 aromatic heterocycles. The SMILES string of the molecule is COC(=O)CN1C(=O)/C(=C\c2cccc(F)c2)Oc2ccccc21. The van der Waals surface area contributed by atoms with Crippen LogP contribution in [0.3, 0.4) is 0 Å². The van der Waals surface area contributed by atoms with E-state index in [0.717, 1.165) is 0 Å². The summed E-state index contributed by atoms with van der Waals surface area (Å²) >= 11 is 0. The molecule has 5 nitrogen and oxygen atoms in total. The minimum atomic E-state index is -0.551. The zero-order valence-electron chi connectivity index (χ0n) is 12.9. The van der Waals surface area contributed by atoms with Crippen LogP contribution in [0.5, 0.6) is 5.75 Å². The molecule has 24 heavy (non-hydrogen) atoms. The third kappa shape index (κ3) is 3.12. The van der Waals surface area contributed by atoms with E-state index in [2.05, 4.69) is 4.74 Å². The van der Waals surface area contributed by atoms with Crippen molar-refractivity contribution in [2.45, 2.75) is 0 Å². The number of hydrogen-bond acceptors (Lipinski definition) is 4.